The van der Waals surface area contributed by atoms with Crippen LogP contribution in [0, 0.1) is 13.8 Å². The molecule has 0 amide bonds. The Morgan fingerprint density at radius 2 is 1.93 bits per heavy atom. The number of benzene rings is 1. The first kappa shape index (κ1) is 10.6. The van der Waals surface area contributed by atoms with Gasteiger partial charge in [0.15, 0.2) is 9.84 Å². The molecule has 0 radical (unpaired) electrons. The van der Waals surface area contributed by atoms with Crippen LogP contribution in [0.5, 0.6) is 0 Å². The van der Waals surface area contributed by atoms with Crippen molar-refractivity contribution in [2.24, 2.45) is 0 Å². The molecule has 1 fully saturated rings. The van der Waals surface area contributed by atoms with E-state index in [0.29, 0.717) is 18.0 Å². The lowest BCUT2D eigenvalue weighted by Crippen LogP contribution is -2.51. The molecule has 0 unspecified atom stereocenters. The van der Waals surface area contributed by atoms with Gasteiger partial charge in [0.1, 0.15) is 0 Å². The van der Waals surface area contributed by atoms with Crippen molar-refractivity contribution in [1.29, 1.82) is 0 Å². The van der Waals surface area contributed by atoms with Gasteiger partial charge in [-0.15, -0.1) is 0 Å². The second-order valence-corrected chi connectivity index (χ2v) is 6.29. The maximum absolute atomic E-state index is 12.1. The van der Waals surface area contributed by atoms with Crippen LogP contribution < -0.4 is 5.32 Å². The van der Waals surface area contributed by atoms with Gasteiger partial charge in [0.2, 0.25) is 0 Å². The first-order valence-electron chi connectivity index (χ1n) is 5.03. The molecule has 82 valence electrons. The van der Waals surface area contributed by atoms with Crippen LogP contribution in [0.4, 0.5) is 0 Å². The third-order valence-corrected chi connectivity index (χ3v) is 5.10. The zero-order valence-corrected chi connectivity index (χ0v) is 9.76. The Labute approximate surface area is 90.4 Å². The summed E-state index contributed by atoms with van der Waals surface area (Å²) in [5, 5.41) is 2.75. The molecule has 15 heavy (non-hydrogen) atoms. The van der Waals surface area contributed by atoms with Gasteiger partial charge in [0, 0.05) is 13.1 Å². The smallest absolute Gasteiger partial charge is 0.183 e. The van der Waals surface area contributed by atoms with Crippen molar-refractivity contribution >= 4 is 9.84 Å². The summed E-state index contributed by atoms with van der Waals surface area (Å²) in [6.07, 6.45) is 0. The summed E-state index contributed by atoms with van der Waals surface area (Å²) >= 11 is 0. The second-order valence-electron chi connectivity index (χ2n) is 4.09. The monoisotopic (exact) mass is 225 g/mol. The third kappa shape index (κ3) is 1.79. The highest BCUT2D eigenvalue weighted by molar-refractivity contribution is 7.92. The van der Waals surface area contributed by atoms with Gasteiger partial charge in [-0.3, -0.25) is 0 Å². The fourth-order valence-corrected chi connectivity index (χ4v) is 3.58. The molecule has 1 aromatic carbocycles. The molecule has 1 aliphatic rings. The fourth-order valence-electron chi connectivity index (χ4n) is 1.78. The molecular formula is C11H15NO2S. The first-order chi connectivity index (χ1) is 7.01. The maximum atomic E-state index is 12.1. The number of hydrogen-bond acceptors (Lipinski definition) is 3. The van der Waals surface area contributed by atoms with E-state index < -0.39 is 9.84 Å². The number of nitrogens with one attached hydrogen (secondary N) is 1. The quantitative estimate of drug-likeness (QED) is 0.818. The van der Waals surface area contributed by atoms with Crippen molar-refractivity contribution < 1.29 is 8.42 Å². The van der Waals surface area contributed by atoms with E-state index >= 15 is 0 Å². The van der Waals surface area contributed by atoms with Crippen LogP contribution in [0.15, 0.2) is 23.1 Å². The molecule has 3 nitrogen and oxygen atoms in total. The van der Waals surface area contributed by atoms with E-state index in [4.69, 9.17) is 0 Å². The van der Waals surface area contributed by atoms with Crippen molar-refractivity contribution in [2.45, 2.75) is 24.0 Å². The van der Waals surface area contributed by atoms with E-state index in [-0.39, 0.29) is 5.25 Å². The van der Waals surface area contributed by atoms with E-state index in [1.807, 2.05) is 26.0 Å². The van der Waals surface area contributed by atoms with Crippen LogP contribution in [-0.4, -0.2) is 26.8 Å². The Morgan fingerprint density at radius 1 is 1.27 bits per heavy atom. The number of hydrogen-bond donors (Lipinski definition) is 1. The van der Waals surface area contributed by atoms with Crippen molar-refractivity contribution in [3.05, 3.63) is 29.3 Å². The number of rotatable bonds is 2. The zero-order chi connectivity index (χ0) is 11.1. The SMILES string of the molecule is Cc1ccc(S(=O)(=O)C2CNC2)c(C)c1. The predicted molar refractivity (Wildman–Crippen MR) is 59.8 cm³/mol. The normalized spacial score (nSPS) is 17.5. The topological polar surface area (TPSA) is 46.2 Å². The summed E-state index contributed by atoms with van der Waals surface area (Å²) < 4.78 is 24.2. The highest BCUT2D eigenvalue weighted by Gasteiger charge is 2.33. The van der Waals surface area contributed by atoms with E-state index in [9.17, 15) is 8.42 Å². The summed E-state index contributed by atoms with van der Waals surface area (Å²) in [6, 6.07) is 5.49. The summed E-state index contributed by atoms with van der Waals surface area (Å²) in [5.74, 6) is 0. The molecule has 0 saturated carbocycles. The Balaban J connectivity index is 2.44. The van der Waals surface area contributed by atoms with E-state index in [1.54, 1.807) is 6.07 Å². The van der Waals surface area contributed by atoms with Gasteiger partial charge in [-0.1, -0.05) is 17.7 Å². The molecule has 1 aromatic rings. The van der Waals surface area contributed by atoms with Gasteiger partial charge in [0.25, 0.3) is 0 Å². The van der Waals surface area contributed by atoms with Crippen LogP contribution in [0.2, 0.25) is 0 Å². The van der Waals surface area contributed by atoms with Gasteiger partial charge in [-0.05, 0) is 25.5 Å². The minimum atomic E-state index is -3.11. The molecule has 4 heteroatoms. The lowest BCUT2D eigenvalue weighted by molar-refractivity contribution is 0.495. The third-order valence-electron chi connectivity index (χ3n) is 2.82. The van der Waals surface area contributed by atoms with Crippen LogP contribution in [0.25, 0.3) is 0 Å². The van der Waals surface area contributed by atoms with Crippen molar-refractivity contribution in [3.8, 4) is 0 Å². The standard InChI is InChI=1S/C11H15NO2S/c1-8-3-4-11(9(2)5-8)15(13,14)10-6-12-7-10/h3-5,10,12H,6-7H2,1-2H3. The van der Waals surface area contributed by atoms with Crippen molar-refractivity contribution in [3.63, 3.8) is 0 Å². The van der Waals surface area contributed by atoms with Gasteiger partial charge in [-0.25, -0.2) is 8.42 Å². The Kier molecular flexibility index (Phi) is 2.56. The summed E-state index contributed by atoms with van der Waals surface area (Å²) in [7, 11) is -3.11. The van der Waals surface area contributed by atoms with E-state index in [0.717, 1.165) is 11.1 Å². The Morgan fingerprint density at radius 3 is 2.40 bits per heavy atom. The molecule has 1 aliphatic heterocycles. The predicted octanol–water partition coefficient (Wildman–Crippen LogP) is 1.05. The van der Waals surface area contributed by atoms with Crippen LogP contribution in [0.3, 0.4) is 0 Å². The second kappa shape index (κ2) is 3.61. The zero-order valence-electron chi connectivity index (χ0n) is 8.95. The average Bonchev–Trinajstić information content (AvgIpc) is 1.97. The van der Waals surface area contributed by atoms with Gasteiger partial charge in [0.05, 0.1) is 10.1 Å². The van der Waals surface area contributed by atoms with E-state index in [1.165, 1.54) is 0 Å². The molecule has 0 aliphatic carbocycles. The summed E-state index contributed by atoms with van der Waals surface area (Å²) in [5.41, 5.74) is 1.94. The van der Waals surface area contributed by atoms with Crippen molar-refractivity contribution in [1.82, 2.24) is 5.32 Å². The Hall–Kier alpha value is -0.870. The molecule has 1 N–H and O–H groups in total. The van der Waals surface area contributed by atoms with E-state index in [2.05, 4.69) is 5.32 Å². The lowest BCUT2D eigenvalue weighted by atomic mass is 10.2. The highest BCUT2D eigenvalue weighted by Crippen LogP contribution is 2.22. The summed E-state index contributed by atoms with van der Waals surface area (Å²) in [6.45, 7) is 4.98. The molecule has 0 aromatic heterocycles. The maximum Gasteiger partial charge on any atom is 0.183 e. The minimum Gasteiger partial charge on any atom is -0.314 e. The van der Waals surface area contributed by atoms with Gasteiger partial charge >= 0.3 is 0 Å². The molecule has 0 spiro atoms. The molecule has 1 heterocycles. The summed E-state index contributed by atoms with van der Waals surface area (Å²) in [4.78, 5) is 0.486. The molecule has 0 atom stereocenters. The molecule has 1 saturated heterocycles. The molecule has 2 rings (SSSR count). The highest BCUT2D eigenvalue weighted by atomic mass is 32.2. The van der Waals surface area contributed by atoms with Gasteiger partial charge < -0.3 is 5.32 Å². The minimum absolute atomic E-state index is 0.237. The van der Waals surface area contributed by atoms with Crippen molar-refractivity contribution in [2.75, 3.05) is 13.1 Å². The molecule has 0 bridgehead atoms. The van der Waals surface area contributed by atoms with Crippen LogP contribution in [-0.2, 0) is 9.84 Å². The average molecular weight is 225 g/mol. The largest absolute Gasteiger partial charge is 0.314 e. The van der Waals surface area contributed by atoms with Crippen LogP contribution in [0.1, 0.15) is 11.1 Å². The lowest BCUT2D eigenvalue weighted by Gasteiger charge is -2.27. The number of aryl methyl sites for hydroxylation is 2. The van der Waals surface area contributed by atoms with Crippen LogP contribution >= 0.6 is 0 Å². The molecular weight excluding hydrogens is 210 g/mol. The van der Waals surface area contributed by atoms with Gasteiger partial charge in [-0.2, -0.15) is 0 Å². The number of sulfone groups is 1. The Bertz CT molecular complexity index is 475. The fraction of sp³-hybridized carbons (Fsp3) is 0.455. The first-order valence-corrected chi connectivity index (χ1v) is 6.58.